The average molecular weight is 422 g/mol. The lowest BCUT2D eigenvalue weighted by atomic mass is 9.85. The third-order valence-electron chi connectivity index (χ3n) is 5.02. The van der Waals surface area contributed by atoms with Crippen molar-refractivity contribution in [2.45, 2.75) is 33.1 Å². The van der Waals surface area contributed by atoms with Gasteiger partial charge in [-0.2, -0.15) is 0 Å². The van der Waals surface area contributed by atoms with Gasteiger partial charge >= 0.3 is 0 Å². The molecule has 5 nitrogen and oxygen atoms in total. The lowest BCUT2D eigenvalue weighted by Gasteiger charge is -2.24. The van der Waals surface area contributed by atoms with Crippen molar-refractivity contribution in [3.05, 3.63) is 15.6 Å². The van der Waals surface area contributed by atoms with Crippen LogP contribution in [0.5, 0.6) is 0 Å². The number of hydrogen-bond donors (Lipinski definition) is 3. The van der Waals surface area contributed by atoms with Crippen molar-refractivity contribution in [3.8, 4) is 0 Å². The molecule has 0 unspecified atom stereocenters. The molecule has 0 saturated carbocycles. The molecule has 0 spiro atoms. The monoisotopic (exact) mass is 421 g/mol. The van der Waals surface area contributed by atoms with E-state index in [1.807, 2.05) is 6.34 Å². The highest BCUT2D eigenvalue weighted by Crippen LogP contribution is 2.38. The van der Waals surface area contributed by atoms with Crippen molar-refractivity contribution in [1.82, 2.24) is 15.5 Å². The Balaban J connectivity index is 1.86. The van der Waals surface area contributed by atoms with Gasteiger partial charge in [0.1, 0.15) is 7.85 Å². The second-order valence-electron chi connectivity index (χ2n) is 7.02. The van der Waals surface area contributed by atoms with Crippen molar-refractivity contribution >= 4 is 47.0 Å². The summed E-state index contributed by atoms with van der Waals surface area (Å²) in [6.45, 7) is 10.6. The van der Waals surface area contributed by atoms with Gasteiger partial charge in [-0.15, -0.1) is 0 Å². The minimum Gasteiger partial charge on any atom is -0.383 e. The molecular formula is C19H33BBrN5. The van der Waals surface area contributed by atoms with E-state index in [4.69, 9.17) is 4.99 Å². The Morgan fingerprint density at radius 1 is 1.35 bits per heavy atom. The molecule has 1 aromatic rings. The quantitative estimate of drug-likeness (QED) is 0.232. The van der Waals surface area contributed by atoms with Gasteiger partial charge < -0.3 is 20.9 Å². The van der Waals surface area contributed by atoms with Crippen LogP contribution in [0.1, 0.15) is 30.9 Å². The molecule has 1 aliphatic heterocycles. The highest BCUT2D eigenvalue weighted by Gasteiger charge is 2.20. The Hall–Kier alpha value is -1.05. The molecule has 0 radical (unpaired) electrons. The van der Waals surface area contributed by atoms with Crippen LogP contribution in [0.15, 0.2) is 9.47 Å². The van der Waals surface area contributed by atoms with E-state index < -0.39 is 0 Å². The van der Waals surface area contributed by atoms with Gasteiger partial charge in [-0.3, -0.25) is 0 Å². The van der Waals surface area contributed by atoms with E-state index in [1.165, 1.54) is 33.2 Å². The molecule has 3 N–H and O–H groups in total. The predicted molar refractivity (Wildman–Crippen MR) is 121 cm³/mol. The van der Waals surface area contributed by atoms with Crippen molar-refractivity contribution in [1.29, 1.82) is 0 Å². The van der Waals surface area contributed by atoms with Crippen LogP contribution in [0.2, 0.25) is 0 Å². The van der Waals surface area contributed by atoms with Crippen molar-refractivity contribution in [3.63, 3.8) is 0 Å². The molecular weight excluding hydrogens is 389 g/mol. The maximum Gasteiger partial charge on any atom is 0.141 e. The lowest BCUT2D eigenvalue weighted by Crippen LogP contribution is -2.31. The zero-order chi connectivity index (χ0) is 18.9. The Morgan fingerprint density at radius 3 is 2.92 bits per heavy atom. The molecule has 0 bridgehead atoms. The Labute approximate surface area is 167 Å². The summed E-state index contributed by atoms with van der Waals surface area (Å²) >= 11 is 3.77. The molecule has 1 aliphatic rings. The molecule has 1 heterocycles. The number of nitrogens with one attached hydrogen (secondary N) is 3. The number of rotatable bonds is 10. The summed E-state index contributed by atoms with van der Waals surface area (Å²) < 4.78 is 1.24. The third-order valence-corrected chi connectivity index (χ3v) is 6.10. The summed E-state index contributed by atoms with van der Waals surface area (Å²) in [6, 6.07) is 0. The molecule has 144 valence electrons. The second kappa shape index (κ2) is 10.9. The number of fused-ring (bicyclic) bond motifs is 1. The van der Waals surface area contributed by atoms with Gasteiger partial charge in [-0.1, -0.05) is 28.3 Å². The zero-order valence-corrected chi connectivity index (χ0v) is 18.3. The molecule has 0 atom stereocenters. The van der Waals surface area contributed by atoms with Gasteiger partial charge in [0.05, 0.1) is 17.7 Å². The van der Waals surface area contributed by atoms with E-state index >= 15 is 0 Å². The number of hydrogen-bond acceptors (Lipinski definition) is 4. The van der Waals surface area contributed by atoms with Crippen molar-refractivity contribution < 1.29 is 0 Å². The molecule has 0 amide bonds. The molecule has 0 aromatic heterocycles. The van der Waals surface area contributed by atoms with Crippen LogP contribution >= 0.6 is 15.9 Å². The Bertz CT molecular complexity index is 621. The topological polar surface area (TPSA) is 51.7 Å². The van der Waals surface area contributed by atoms with Gasteiger partial charge in [0.25, 0.3) is 0 Å². The van der Waals surface area contributed by atoms with Gasteiger partial charge in [0, 0.05) is 30.7 Å². The maximum atomic E-state index is 4.76. The number of benzene rings is 1. The first-order valence-corrected chi connectivity index (χ1v) is 10.6. The third kappa shape index (κ3) is 5.73. The van der Waals surface area contributed by atoms with Gasteiger partial charge in [0.2, 0.25) is 0 Å². The Morgan fingerprint density at radius 2 is 2.15 bits per heavy atom. The van der Waals surface area contributed by atoms with Crippen LogP contribution in [0.3, 0.4) is 0 Å². The SMILES string of the molecule is Bc1c(C)c(/N=C/NCCCN(C)CCNCC)c2c(c1Br)CCCN2. The molecule has 0 saturated heterocycles. The van der Waals surface area contributed by atoms with Gasteiger partial charge in [0.15, 0.2) is 0 Å². The van der Waals surface area contributed by atoms with Gasteiger partial charge in [-0.25, -0.2) is 4.99 Å². The standard InChI is InChI=1S/C19H33BBrN5/c1-4-22-10-12-26(3)11-6-8-23-13-25-18-14(2)16(20)17(21)15-7-5-9-24-19(15)18/h13,22,24H,4-12,20H2,1-3H3,(H,23,25). The van der Waals surface area contributed by atoms with E-state index in [1.54, 1.807) is 0 Å². The smallest absolute Gasteiger partial charge is 0.141 e. The summed E-state index contributed by atoms with van der Waals surface area (Å²) in [5, 5.41) is 10.3. The van der Waals surface area contributed by atoms with E-state index in [0.29, 0.717) is 0 Å². The minimum absolute atomic E-state index is 0.944. The first-order valence-electron chi connectivity index (χ1n) is 9.76. The highest BCUT2D eigenvalue weighted by molar-refractivity contribution is 9.10. The lowest BCUT2D eigenvalue weighted by molar-refractivity contribution is 0.328. The van der Waals surface area contributed by atoms with E-state index in [-0.39, 0.29) is 0 Å². The fourth-order valence-corrected chi connectivity index (χ4v) is 3.95. The molecule has 0 aliphatic carbocycles. The predicted octanol–water partition coefficient (Wildman–Crippen LogP) is 1.55. The van der Waals surface area contributed by atoms with E-state index in [2.05, 4.69) is 65.5 Å². The van der Waals surface area contributed by atoms with Crippen LogP contribution < -0.4 is 21.4 Å². The number of likely N-dealkylation sites (N-methyl/N-ethyl adjacent to an activating group) is 2. The summed E-state index contributed by atoms with van der Waals surface area (Å²) in [6.07, 6.45) is 5.27. The molecule has 7 heteroatoms. The highest BCUT2D eigenvalue weighted by atomic mass is 79.9. The average Bonchev–Trinajstić information content (AvgIpc) is 2.65. The van der Waals surface area contributed by atoms with Crippen molar-refractivity contribution in [2.24, 2.45) is 4.99 Å². The molecule has 1 aromatic carbocycles. The van der Waals surface area contributed by atoms with Crippen LogP contribution in [0.25, 0.3) is 0 Å². The Kier molecular flexibility index (Phi) is 8.95. The summed E-state index contributed by atoms with van der Waals surface area (Å²) in [5.41, 5.74) is 6.19. The summed E-state index contributed by atoms with van der Waals surface area (Å²) in [5.74, 6) is 0. The molecule has 0 fully saturated rings. The normalized spacial score (nSPS) is 13.9. The second-order valence-corrected chi connectivity index (χ2v) is 7.81. The van der Waals surface area contributed by atoms with Crippen LogP contribution in [0, 0.1) is 6.92 Å². The van der Waals surface area contributed by atoms with E-state index in [9.17, 15) is 0 Å². The van der Waals surface area contributed by atoms with Gasteiger partial charge in [-0.05, 0) is 57.5 Å². The molecule has 26 heavy (non-hydrogen) atoms. The number of nitrogens with zero attached hydrogens (tertiary/aromatic N) is 2. The fourth-order valence-electron chi connectivity index (χ4n) is 3.26. The van der Waals surface area contributed by atoms with Crippen LogP contribution in [-0.4, -0.2) is 65.4 Å². The first kappa shape index (κ1) is 21.3. The van der Waals surface area contributed by atoms with Crippen LogP contribution in [-0.2, 0) is 6.42 Å². The number of aliphatic imine (C=N–C) groups is 1. The summed E-state index contributed by atoms with van der Waals surface area (Å²) in [7, 11) is 4.35. The number of anilines is 1. The van der Waals surface area contributed by atoms with Crippen LogP contribution in [0.4, 0.5) is 11.4 Å². The van der Waals surface area contributed by atoms with E-state index in [0.717, 1.165) is 57.8 Å². The minimum atomic E-state index is 0.944. The molecule has 2 rings (SSSR count). The largest absolute Gasteiger partial charge is 0.383 e. The van der Waals surface area contributed by atoms with Crippen molar-refractivity contribution in [2.75, 3.05) is 51.6 Å². The maximum absolute atomic E-state index is 4.76. The summed E-state index contributed by atoms with van der Waals surface area (Å²) in [4.78, 5) is 7.12. The first-order chi connectivity index (χ1) is 12.6. The zero-order valence-electron chi connectivity index (χ0n) is 16.7. The fraction of sp³-hybridized carbons (Fsp3) is 0.632. The number of halogens is 1.